The molecule has 2 aliphatic heterocycles. The van der Waals surface area contributed by atoms with Crippen LogP contribution in [0, 0.1) is 0 Å². The molecular formula is C21H27N3O4. The summed E-state index contributed by atoms with van der Waals surface area (Å²) >= 11 is 0. The van der Waals surface area contributed by atoms with Gasteiger partial charge in [-0.2, -0.15) is 0 Å². The van der Waals surface area contributed by atoms with Gasteiger partial charge in [-0.05, 0) is 24.0 Å². The molecule has 1 aromatic carbocycles. The van der Waals surface area contributed by atoms with Gasteiger partial charge in [-0.3, -0.25) is 9.59 Å². The van der Waals surface area contributed by atoms with Crippen molar-refractivity contribution in [2.45, 2.75) is 44.8 Å². The van der Waals surface area contributed by atoms with Crippen LogP contribution in [0.3, 0.4) is 0 Å². The van der Waals surface area contributed by atoms with E-state index < -0.39 is 12.1 Å². The van der Waals surface area contributed by atoms with E-state index in [1.807, 2.05) is 24.3 Å². The van der Waals surface area contributed by atoms with Crippen molar-refractivity contribution in [3.05, 3.63) is 48.0 Å². The van der Waals surface area contributed by atoms with Crippen molar-refractivity contribution in [2.24, 2.45) is 0 Å². The molecule has 0 saturated carbocycles. The molecule has 0 aliphatic carbocycles. The maximum absolute atomic E-state index is 13.0. The number of likely N-dealkylation sites (tertiary alicyclic amines) is 1. The Morgan fingerprint density at radius 3 is 2.75 bits per heavy atom. The summed E-state index contributed by atoms with van der Waals surface area (Å²) in [5.74, 6) is -0.288. The Kier molecular flexibility index (Phi) is 6.34. The summed E-state index contributed by atoms with van der Waals surface area (Å²) in [5.41, 5.74) is 2.17. The fraction of sp³-hybridized carbons (Fsp3) is 0.476. The summed E-state index contributed by atoms with van der Waals surface area (Å²) in [5, 5.41) is 3.04. The van der Waals surface area contributed by atoms with Gasteiger partial charge in [-0.1, -0.05) is 36.9 Å². The number of benzene rings is 1. The van der Waals surface area contributed by atoms with E-state index in [1.165, 1.54) is 13.0 Å². The van der Waals surface area contributed by atoms with Crippen LogP contribution in [0.4, 0.5) is 4.79 Å². The number of nitrogens with one attached hydrogen (secondary N) is 1. The molecule has 7 nitrogen and oxygen atoms in total. The molecule has 2 unspecified atom stereocenters. The van der Waals surface area contributed by atoms with E-state index in [0.717, 1.165) is 24.0 Å². The van der Waals surface area contributed by atoms with Crippen LogP contribution in [0.15, 0.2) is 36.9 Å². The molecule has 28 heavy (non-hydrogen) atoms. The second-order valence-corrected chi connectivity index (χ2v) is 7.29. The van der Waals surface area contributed by atoms with Gasteiger partial charge in [0, 0.05) is 39.0 Å². The number of fused-ring (bicyclic) bond motifs is 1. The van der Waals surface area contributed by atoms with E-state index in [4.69, 9.17) is 4.74 Å². The molecule has 2 atom stereocenters. The summed E-state index contributed by atoms with van der Waals surface area (Å²) < 4.78 is 5.09. The maximum Gasteiger partial charge on any atom is 0.410 e. The number of hydrogen-bond acceptors (Lipinski definition) is 4. The summed E-state index contributed by atoms with van der Waals surface area (Å²) in [6, 6.07) is 7.21. The SMILES string of the molecule is C=CCOC(=O)N1CCCC(NC(=O)C2Cc3ccccc3CN2C(C)=O)C1. The van der Waals surface area contributed by atoms with Crippen LogP contribution < -0.4 is 5.32 Å². The van der Waals surface area contributed by atoms with E-state index in [0.29, 0.717) is 26.1 Å². The number of ether oxygens (including phenoxy) is 1. The zero-order chi connectivity index (χ0) is 20.1. The summed E-state index contributed by atoms with van der Waals surface area (Å²) in [7, 11) is 0. The molecular weight excluding hydrogens is 358 g/mol. The third-order valence-corrected chi connectivity index (χ3v) is 5.31. The van der Waals surface area contributed by atoms with Crippen molar-refractivity contribution < 1.29 is 19.1 Å². The lowest BCUT2D eigenvalue weighted by molar-refractivity contribution is -0.140. The first-order chi connectivity index (χ1) is 13.5. The molecule has 0 spiro atoms. The van der Waals surface area contributed by atoms with Crippen LogP contribution >= 0.6 is 0 Å². The van der Waals surface area contributed by atoms with Crippen LogP contribution in [0.2, 0.25) is 0 Å². The Balaban J connectivity index is 1.65. The quantitative estimate of drug-likeness (QED) is 0.803. The van der Waals surface area contributed by atoms with Crippen LogP contribution in [-0.2, 0) is 27.3 Å². The lowest BCUT2D eigenvalue weighted by atomic mass is 9.93. The smallest absolute Gasteiger partial charge is 0.410 e. The highest BCUT2D eigenvalue weighted by Gasteiger charge is 2.35. The first kappa shape index (κ1) is 19.9. The van der Waals surface area contributed by atoms with Crippen molar-refractivity contribution in [2.75, 3.05) is 19.7 Å². The monoisotopic (exact) mass is 385 g/mol. The second-order valence-electron chi connectivity index (χ2n) is 7.29. The molecule has 1 saturated heterocycles. The van der Waals surface area contributed by atoms with Crippen LogP contribution in [0.1, 0.15) is 30.9 Å². The van der Waals surface area contributed by atoms with Gasteiger partial charge in [0.2, 0.25) is 11.8 Å². The molecule has 1 aromatic rings. The Bertz CT molecular complexity index is 764. The molecule has 0 aromatic heterocycles. The number of rotatable bonds is 4. The van der Waals surface area contributed by atoms with Gasteiger partial charge >= 0.3 is 6.09 Å². The number of hydrogen-bond donors (Lipinski definition) is 1. The van der Waals surface area contributed by atoms with E-state index in [-0.39, 0.29) is 24.5 Å². The minimum atomic E-state index is -0.532. The molecule has 0 bridgehead atoms. The second kappa shape index (κ2) is 8.91. The van der Waals surface area contributed by atoms with Crippen molar-refractivity contribution in [1.29, 1.82) is 0 Å². The van der Waals surface area contributed by atoms with Crippen LogP contribution in [-0.4, -0.2) is 59.5 Å². The summed E-state index contributed by atoms with van der Waals surface area (Å²) in [6.45, 7) is 6.65. The molecule has 3 rings (SSSR count). The van der Waals surface area contributed by atoms with E-state index >= 15 is 0 Å². The molecule has 2 heterocycles. The lowest BCUT2D eigenvalue weighted by Gasteiger charge is -2.37. The lowest BCUT2D eigenvalue weighted by Crippen LogP contribution is -2.56. The van der Waals surface area contributed by atoms with Crippen molar-refractivity contribution in [3.8, 4) is 0 Å². The first-order valence-corrected chi connectivity index (χ1v) is 9.66. The highest BCUT2D eigenvalue weighted by Crippen LogP contribution is 2.24. The van der Waals surface area contributed by atoms with Crippen molar-refractivity contribution in [3.63, 3.8) is 0 Å². The van der Waals surface area contributed by atoms with Crippen LogP contribution in [0.5, 0.6) is 0 Å². The fourth-order valence-corrected chi connectivity index (χ4v) is 3.87. The Morgan fingerprint density at radius 2 is 2.04 bits per heavy atom. The molecule has 3 amide bonds. The van der Waals surface area contributed by atoms with Crippen molar-refractivity contribution in [1.82, 2.24) is 15.1 Å². The molecule has 0 radical (unpaired) electrons. The zero-order valence-electron chi connectivity index (χ0n) is 16.2. The highest BCUT2D eigenvalue weighted by atomic mass is 16.6. The maximum atomic E-state index is 13.0. The molecule has 1 N–H and O–H groups in total. The summed E-state index contributed by atoms with van der Waals surface area (Å²) in [4.78, 5) is 40.4. The third-order valence-electron chi connectivity index (χ3n) is 5.31. The van der Waals surface area contributed by atoms with Crippen molar-refractivity contribution >= 4 is 17.9 Å². The van der Waals surface area contributed by atoms with Gasteiger partial charge in [0.1, 0.15) is 12.6 Å². The average Bonchev–Trinajstić information content (AvgIpc) is 2.71. The number of amides is 3. The van der Waals surface area contributed by atoms with Gasteiger partial charge < -0.3 is 19.9 Å². The minimum absolute atomic E-state index is 0.118. The Labute approximate surface area is 165 Å². The largest absolute Gasteiger partial charge is 0.445 e. The molecule has 150 valence electrons. The summed E-state index contributed by atoms with van der Waals surface area (Å²) in [6.07, 6.45) is 3.21. The van der Waals surface area contributed by atoms with Gasteiger partial charge in [-0.25, -0.2) is 4.79 Å². The third kappa shape index (κ3) is 4.52. The van der Waals surface area contributed by atoms with Gasteiger partial charge in [0.15, 0.2) is 0 Å². The Hall–Kier alpha value is -2.83. The van der Waals surface area contributed by atoms with E-state index in [1.54, 1.807) is 9.80 Å². The number of carbonyl (C=O) groups excluding carboxylic acids is 3. The molecule has 1 fully saturated rings. The topological polar surface area (TPSA) is 79.0 Å². The normalized spacial score (nSPS) is 21.5. The zero-order valence-corrected chi connectivity index (χ0v) is 16.2. The van der Waals surface area contributed by atoms with Gasteiger partial charge in [-0.15, -0.1) is 0 Å². The predicted molar refractivity (Wildman–Crippen MR) is 104 cm³/mol. The molecule has 7 heteroatoms. The van der Waals surface area contributed by atoms with Gasteiger partial charge in [0.05, 0.1) is 0 Å². The van der Waals surface area contributed by atoms with Gasteiger partial charge in [0.25, 0.3) is 0 Å². The minimum Gasteiger partial charge on any atom is -0.445 e. The number of nitrogens with zero attached hydrogens (tertiary/aromatic N) is 2. The standard InChI is InChI=1S/C21H27N3O4/c1-3-11-28-21(27)23-10-6-9-18(14-23)22-20(26)19-12-16-7-4-5-8-17(16)13-24(19)15(2)25/h3-5,7-8,18-19H,1,6,9-14H2,2H3,(H,22,26). The first-order valence-electron chi connectivity index (χ1n) is 9.66. The van der Waals surface area contributed by atoms with E-state index in [9.17, 15) is 14.4 Å². The van der Waals surface area contributed by atoms with E-state index in [2.05, 4.69) is 11.9 Å². The van der Waals surface area contributed by atoms with Crippen LogP contribution in [0.25, 0.3) is 0 Å². The average molecular weight is 385 g/mol. The number of carbonyl (C=O) groups is 3. The molecule has 2 aliphatic rings. The highest BCUT2D eigenvalue weighted by molar-refractivity contribution is 5.88. The predicted octanol–water partition coefficient (Wildman–Crippen LogP) is 1.86. The fourth-order valence-electron chi connectivity index (χ4n) is 3.87. The number of piperidine rings is 1. The Morgan fingerprint density at radius 1 is 1.29 bits per heavy atom.